The van der Waals surface area contributed by atoms with Crippen LogP contribution in [0.4, 0.5) is 0 Å². The summed E-state index contributed by atoms with van der Waals surface area (Å²) in [5.74, 6) is 0. The van der Waals surface area contributed by atoms with Crippen LogP contribution in [0, 0.1) is 0 Å². The van der Waals surface area contributed by atoms with Gasteiger partial charge >= 0.3 is 0 Å². The standard InChI is InChI=1S/C14H22N2S/c1-3-13(10-14(15)17)16(4-2)11-12-8-6-5-7-9-12/h5-9,13H,3-4,10-11H2,1-2H3,(H2,15,17). The molecule has 1 aromatic carbocycles. The van der Waals surface area contributed by atoms with Gasteiger partial charge < -0.3 is 5.73 Å². The van der Waals surface area contributed by atoms with E-state index in [1.54, 1.807) is 0 Å². The monoisotopic (exact) mass is 250 g/mol. The third-order valence-corrected chi connectivity index (χ3v) is 3.23. The molecule has 0 radical (unpaired) electrons. The van der Waals surface area contributed by atoms with Gasteiger partial charge in [-0.2, -0.15) is 0 Å². The molecule has 1 unspecified atom stereocenters. The molecular weight excluding hydrogens is 228 g/mol. The van der Waals surface area contributed by atoms with Crippen molar-refractivity contribution in [3.63, 3.8) is 0 Å². The van der Waals surface area contributed by atoms with Crippen LogP contribution in [0.3, 0.4) is 0 Å². The molecule has 0 aliphatic rings. The number of nitrogens with zero attached hydrogens (tertiary/aromatic N) is 1. The topological polar surface area (TPSA) is 29.3 Å². The Morgan fingerprint density at radius 2 is 1.94 bits per heavy atom. The molecule has 0 spiro atoms. The fraction of sp³-hybridized carbons (Fsp3) is 0.500. The molecule has 0 saturated heterocycles. The highest BCUT2D eigenvalue weighted by atomic mass is 32.1. The van der Waals surface area contributed by atoms with E-state index in [0.717, 1.165) is 25.9 Å². The molecule has 2 nitrogen and oxygen atoms in total. The largest absolute Gasteiger partial charge is 0.393 e. The number of benzene rings is 1. The van der Waals surface area contributed by atoms with Gasteiger partial charge in [0.15, 0.2) is 0 Å². The number of thiocarbonyl (C=S) groups is 1. The SMILES string of the molecule is CCC(CC(N)=S)N(CC)Cc1ccccc1. The van der Waals surface area contributed by atoms with Gasteiger partial charge in [0.2, 0.25) is 0 Å². The summed E-state index contributed by atoms with van der Waals surface area (Å²) in [7, 11) is 0. The van der Waals surface area contributed by atoms with Crippen LogP contribution in [0.25, 0.3) is 0 Å². The van der Waals surface area contributed by atoms with E-state index in [9.17, 15) is 0 Å². The van der Waals surface area contributed by atoms with Crippen LogP contribution in [0.1, 0.15) is 32.3 Å². The first-order valence-electron chi connectivity index (χ1n) is 6.23. The summed E-state index contributed by atoms with van der Waals surface area (Å²) < 4.78 is 0. The zero-order chi connectivity index (χ0) is 12.7. The molecule has 1 rings (SSSR count). The van der Waals surface area contributed by atoms with E-state index in [4.69, 9.17) is 18.0 Å². The van der Waals surface area contributed by atoms with E-state index < -0.39 is 0 Å². The van der Waals surface area contributed by atoms with E-state index in [1.165, 1.54) is 5.56 Å². The van der Waals surface area contributed by atoms with Crippen molar-refractivity contribution < 1.29 is 0 Å². The fourth-order valence-corrected chi connectivity index (χ4v) is 2.27. The summed E-state index contributed by atoms with van der Waals surface area (Å²) in [6.45, 7) is 6.37. The van der Waals surface area contributed by atoms with E-state index in [-0.39, 0.29) is 0 Å². The van der Waals surface area contributed by atoms with Crippen molar-refractivity contribution in [1.82, 2.24) is 4.90 Å². The normalized spacial score (nSPS) is 12.6. The highest BCUT2D eigenvalue weighted by Crippen LogP contribution is 2.13. The highest BCUT2D eigenvalue weighted by molar-refractivity contribution is 7.80. The van der Waals surface area contributed by atoms with Gasteiger partial charge in [-0.15, -0.1) is 0 Å². The Kier molecular flexibility index (Phi) is 6.16. The first-order chi connectivity index (χ1) is 8.17. The third kappa shape index (κ3) is 4.84. The molecule has 0 aliphatic carbocycles. The minimum Gasteiger partial charge on any atom is -0.393 e. The van der Waals surface area contributed by atoms with Gasteiger partial charge in [0.25, 0.3) is 0 Å². The minimum absolute atomic E-state index is 0.456. The fourth-order valence-electron chi connectivity index (χ4n) is 2.08. The van der Waals surface area contributed by atoms with Gasteiger partial charge in [-0.25, -0.2) is 0 Å². The van der Waals surface area contributed by atoms with Gasteiger partial charge in [0, 0.05) is 19.0 Å². The molecule has 1 aromatic rings. The minimum atomic E-state index is 0.456. The van der Waals surface area contributed by atoms with Gasteiger partial charge in [-0.3, -0.25) is 4.90 Å². The van der Waals surface area contributed by atoms with Crippen LogP contribution in [0.15, 0.2) is 30.3 Å². The van der Waals surface area contributed by atoms with Crippen LogP contribution in [-0.4, -0.2) is 22.5 Å². The maximum atomic E-state index is 5.66. The van der Waals surface area contributed by atoms with Crippen molar-refractivity contribution in [3.05, 3.63) is 35.9 Å². The van der Waals surface area contributed by atoms with Crippen molar-refractivity contribution in [2.75, 3.05) is 6.54 Å². The molecule has 0 saturated carbocycles. The second-order valence-corrected chi connectivity index (χ2v) is 4.81. The van der Waals surface area contributed by atoms with Crippen molar-refractivity contribution in [3.8, 4) is 0 Å². The third-order valence-electron chi connectivity index (χ3n) is 3.06. The zero-order valence-electron chi connectivity index (χ0n) is 10.7. The molecule has 0 heterocycles. The smallest absolute Gasteiger partial charge is 0.0743 e. The Labute approximate surface area is 110 Å². The molecule has 0 aromatic heterocycles. The summed E-state index contributed by atoms with van der Waals surface area (Å²) in [6.07, 6.45) is 1.89. The van der Waals surface area contributed by atoms with E-state index in [0.29, 0.717) is 11.0 Å². The molecule has 2 N–H and O–H groups in total. The van der Waals surface area contributed by atoms with Crippen molar-refractivity contribution >= 4 is 17.2 Å². The van der Waals surface area contributed by atoms with Gasteiger partial charge in [0.1, 0.15) is 0 Å². The molecule has 1 atom stereocenters. The summed E-state index contributed by atoms with van der Waals surface area (Å²) in [5.41, 5.74) is 7.00. The quantitative estimate of drug-likeness (QED) is 0.754. The van der Waals surface area contributed by atoms with E-state index >= 15 is 0 Å². The average molecular weight is 250 g/mol. The van der Waals surface area contributed by atoms with Crippen molar-refractivity contribution in [1.29, 1.82) is 0 Å². The second-order valence-electron chi connectivity index (χ2n) is 4.28. The van der Waals surface area contributed by atoms with Crippen molar-refractivity contribution in [2.45, 2.75) is 39.3 Å². The van der Waals surface area contributed by atoms with Crippen molar-refractivity contribution in [2.24, 2.45) is 5.73 Å². The summed E-state index contributed by atoms with van der Waals surface area (Å²) in [5, 5.41) is 0. The van der Waals surface area contributed by atoms with Crippen LogP contribution in [0.2, 0.25) is 0 Å². The number of hydrogen-bond donors (Lipinski definition) is 1. The highest BCUT2D eigenvalue weighted by Gasteiger charge is 2.16. The Morgan fingerprint density at radius 3 is 2.41 bits per heavy atom. The average Bonchev–Trinajstić information content (AvgIpc) is 2.34. The molecular formula is C14H22N2S. The van der Waals surface area contributed by atoms with E-state index in [2.05, 4.69) is 43.0 Å². The lowest BCUT2D eigenvalue weighted by Crippen LogP contribution is -2.36. The molecule has 94 valence electrons. The maximum absolute atomic E-state index is 5.66. The Balaban J connectivity index is 2.66. The summed E-state index contributed by atoms with van der Waals surface area (Å²) in [4.78, 5) is 3.05. The first kappa shape index (κ1) is 14.1. The zero-order valence-corrected chi connectivity index (χ0v) is 11.5. The molecule has 3 heteroatoms. The lowest BCUT2D eigenvalue weighted by Gasteiger charge is -2.29. The van der Waals surface area contributed by atoms with Crippen LogP contribution >= 0.6 is 12.2 Å². The predicted octanol–water partition coefficient (Wildman–Crippen LogP) is 2.96. The lowest BCUT2D eigenvalue weighted by atomic mass is 10.1. The molecule has 0 bridgehead atoms. The maximum Gasteiger partial charge on any atom is 0.0743 e. The number of rotatable bonds is 7. The Hall–Kier alpha value is -0.930. The Bertz CT molecular complexity index is 337. The number of hydrogen-bond acceptors (Lipinski definition) is 2. The van der Waals surface area contributed by atoms with Crippen LogP contribution in [0.5, 0.6) is 0 Å². The summed E-state index contributed by atoms with van der Waals surface area (Å²) in [6, 6.07) is 11.0. The lowest BCUT2D eigenvalue weighted by molar-refractivity contribution is 0.196. The first-order valence-corrected chi connectivity index (χ1v) is 6.64. The number of nitrogens with two attached hydrogens (primary N) is 1. The van der Waals surface area contributed by atoms with Crippen LogP contribution in [-0.2, 0) is 6.54 Å². The molecule has 0 amide bonds. The second kappa shape index (κ2) is 7.41. The van der Waals surface area contributed by atoms with Gasteiger partial charge in [0.05, 0.1) is 4.99 Å². The van der Waals surface area contributed by atoms with E-state index in [1.807, 2.05) is 6.07 Å². The molecule has 0 fully saturated rings. The van der Waals surface area contributed by atoms with Gasteiger partial charge in [-0.05, 0) is 18.5 Å². The Morgan fingerprint density at radius 1 is 1.29 bits per heavy atom. The molecule has 0 aliphatic heterocycles. The van der Waals surface area contributed by atoms with Gasteiger partial charge in [-0.1, -0.05) is 56.4 Å². The summed E-state index contributed by atoms with van der Waals surface area (Å²) >= 11 is 5.02. The predicted molar refractivity (Wildman–Crippen MR) is 78.0 cm³/mol. The van der Waals surface area contributed by atoms with Crippen LogP contribution < -0.4 is 5.73 Å². The molecule has 17 heavy (non-hydrogen) atoms.